The van der Waals surface area contributed by atoms with E-state index < -0.39 is 0 Å². The van der Waals surface area contributed by atoms with E-state index in [-0.39, 0.29) is 18.3 Å². The predicted molar refractivity (Wildman–Crippen MR) is 62.6 cm³/mol. The standard InChI is InChI=1S/C12H21BO2/c1-9(10-7-6-8-10)13-14-11(2,3)12(4,5)15-13/h10H,1,6-8H2,2-5H3. The van der Waals surface area contributed by atoms with Gasteiger partial charge in [0, 0.05) is 0 Å². The second-order valence-corrected chi connectivity index (χ2v) is 5.79. The van der Waals surface area contributed by atoms with E-state index >= 15 is 0 Å². The quantitative estimate of drug-likeness (QED) is 0.649. The van der Waals surface area contributed by atoms with Crippen LogP contribution < -0.4 is 0 Å². The van der Waals surface area contributed by atoms with Crippen LogP contribution in [-0.2, 0) is 9.31 Å². The fraction of sp³-hybridized carbons (Fsp3) is 0.833. The zero-order valence-electron chi connectivity index (χ0n) is 10.3. The molecule has 2 aliphatic rings. The predicted octanol–water partition coefficient (Wildman–Crippen LogP) is 2.97. The van der Waals surface area contributed by atoms with Crippen molar-refractivity contribution < 1.29 is 9.31 Å². The molecule has 84 valence electrons. The molecule has 0 radical (unpaired) electrons. The highest BCUT2D eigenvalue weighted by atomic mass is 16.7. The summed E-state index contributed by atoms with van der Waals surface area (Å²) in [5, 5.41) is 0. The Morgan fingerprint density at radius 3 is 1.93 bits per heavy atom. The summed E-state index contributed by atoms with van der Waals surface area (Å²) >= 11 is 0. The minimum absolute atomic E-state index is 0.194. The van der Waals surface area contributed by atoms with Gasteiger partial charge in [0.2, 0.25) is 0 Å². The minimum Gasteiger partial charge on any atom is -0.400 e. The van der Waals surface area contributed by atoms with E-state index in [4.69, 9.17) is 9.31 Å². The molecule has 0 aromatic heterocycles. The summed E-state index contributed by atoms with van der Waals surface area (Å²) in [5.41, 5.74) is 0.675. The summed E-state index contributed by atoms with van der Waals surface area (Å²) in [6.45, 7) is 12.5. The van der Waals surface area contributed by atoms with Crippen LogP contribution in [0.4, 0.5) is 0 Å². The fourth-order valence-corrected chi connectivity index (χ4v) is 1.97. The molecule has 2 rings (SSSR count). The molecule has 0 N–H and O–H groups in total. The Balaban J connectivity index is 2.05. The Morgan fingerprint density at radius 1 is 1.13 bits per heavy atom. The molecule has 3 heteroatoms. The molecule has 0 spiro atoms. The summed E-state index contributed by atoms with van der Waals surface area (Å²) in [6.07, 6.45) is 3.83. The van der Waals surface area contributed by atoms with Crippen molar-refractivity contribution in [1.82, 2.24) is 0 Å². The van der Waals surface area contributed by atoms with Gasteiger partial charge < -0.3 is 9.31 Å². The zero-order valence-corrected chi connectivity index (χ0v) is 10.3. The molecule has 1 heterocycles. The number of hydrogen-bond acceptors (Lipinski definition) is 2. The second-order valence-electron chi connectivity index (χ2n) is 5.79. The zero-order chi connectivity index (χ0) is 11.3. The van der Waals surface area contributed by atoms with Gasteiger partial charge in [-0.15, -0.1) is 6.58 Å². The molecule has 0 atom stereocenters. The van der Waals surface area contributed by atoms with Crippen LogP contribution in [0.15, 0.2) is 12.1 Å². The molecule has 1 aliphatic heterocycles. The molecule has 2 fully saturated rings. The number of allylic oxidation sites excluding steroid dienone is 1. The molecule has 0 aromatic rings. The first-order valence-electron chi connectivity index (χ1n) is 5.88. The molecule has 0 aromatic carbocycles. The van der Waals surface area contributed by atoms with Crippen molar-refractivity contribution in [3.63, 3.8) is 0 Å². The van der Waals surface area contributed by atoms with Crippen LogP contribution >= 0.6 is 0 Å². The first-order valence-corrected chi connectivity index (χ1v) is 5.88. The van der Waals surface area contributed by atoms with Crippen molar-refractivity contribution in [3.8, 4) is 0 Å². The molecule has 15 heavy (non-hydrogen) atoms. The van der Waals surface area contributed by atoms with Crippen molar-refractivity contribution in [2.24, 2.45) is 5.92 Å². The highest BCUT2D eigenvalue weighted by Gasteiger charge is 2.53. The number of rotatable bonds is 2. The fourth-order valence-electron chi connectivity index (χ4n) is 1.97. The Labute approximate surface area is 93.2 Å². The third-order valence-corrected chi connectivity index (χ3v) is 4.19. The number of hydrogen-bond donors (Lipinski definition) is 0. The van der Waals surface area contributed by atoms with Crippen LogP contribution in [0.3, 0.4) is 0 Å². The lowest BCUT2D eigenvalue weighted by molar-refractivity contribution is 0.00578. The van der Waals surface area contributed by atoms with Gasteiger partial charge in [-0.1, -0.05) is 6.42 Å². The summed E-state index contributed by atoms with van der Waals surface area (Å²) in [5.74, 6) is 0.625. The SMILES string of the molecule is C=C(B1OC(C)(C)C(C)(C)O1)C1CCC1. The maximum Gasteiger partial charge on any atom is 0.490 e. The lowest BCUT2D eigenvalue weighted by Gasteiger charge is -2.32. The van der Waals surface area contributed by atoms with Gasteiger partial charge in [0.15, 0.2) is 0 Å². The van der Waals surface area contributed by atoms with Crippen LogP contribution in [0.25, 0.3) is 0 Å². The van der Waals surface area contributed by atoms with E-state index in [1.54, 1.807) is 0 Å². The molecular formula is C12H21BO2. The Kier molecular flexibility index (Phi) is 2.51. The van der Waals surface area contributed by atoms with E-state index in [1.807, 2.05) is 0 Å². The summed E-state index contributed by atoms with van der Waals surface area (Å²) in [7, 11) is -0.194. The van der Waals surface area contributed by atoms with E-state index in [9.17, 15) is 0 Å². The van der Waals surface area contributed by atoms with Gasteiger partial charge in [-0.05, 0) is 51.9 Å². The molecule has 1 saturated heterocycles. The van der Waals surface area contributed by atoms with Crippen molar-refractivity contribution in [3.05, 3.63) is 12.1 Å². The summed E-state index contributed by atoms with van der Waals surface area (Å²) < 4.78 is 11.9. The van der Waals surface area contributed by atoms with Gasteiger partial charge in [-0.25, -0.2) is 0 Å². The van der Waals surface area contributed by atoms with E-state index in [2.05, 4.69) is 34.3 Å². The molecule has 0 bridgehead atoms. The van der Waals surface area contributed by atoms with E-state index in [1.165, 1.54) is 19.3 Å². The van der Waals surface area contributed by atoms with Crippen LogP contribution in [0, 0.1) is 5.92 Å². The smallest absolute Gasteiger partial charge is 0.400 e. The van der Waals surface area contributed by atoms with Crippen molar-refractivity contribution in [2.75, 3.05) is 0 Å². The lowest BCUT2D eigenvalue weighted by atomic mass is 9.65. The normalized spacial score (nSPS) is 28.9. The second kappa shape index (κ2) is 3.36. The van der Waals surface area contributed by atoms with E-state index in [0.29, 0.717) is 5.92 Å². The average Bonchev–Trinajstić information content (AvgIpc) is 2.17. The molecule has 1 saturated carbocycles. The van der Waals surface area contributed by atoms with E-state index in [0.717, 1.165) is 5.47 Å². The molecule has 0 amide bonds. The highest BCUT2D eigenvalue weighted by Crippen LogP contribution is 2.42. The van der Waals surface area contributed by atoms with Gasteiger partial charge >= 0.3 is 7.12 Å². The summed E-state index contributed by atoms with van der Waals surface area (Å²) in [4.78, 5) is 0. The van der Waals surface area contributed by atoms with Gasteiger partial charge in [-0.2, -0.15) is 0 Å². The first kappa shape index (κ1) is 11.2. The van der Waals surface area contributed by atoms with Crippen LogP contribution in [0.5, 0.6) is 0 Å². The van der Waals surface area contributed by atoms with Gasteiger partial charge in [0.1, 0.15) is 0 Å². The van der Waals surface area contributed by atoms with Crippen molar-refractivity contribution in [1.29, 1.82) is 0 Å². The topological polar surface area (TPSA) is 18.5 Å². The Morgan fingerprint density at radius 2 is 1.60 bits per heavy atom. The third-order valence-electron chi connectivity index (χ3n) is 4.19. The van der Waals surface area contributed by atoms with Crippen molar-refractivity contribution >= 4 is 7.12 Å². The highest BCUT2D eigenvalue weighted by molar-refractivity contribution is 6.54. The first-order chi connectivity index (χ1) is 6.83. The third kappa shape index (κ3) is 1.76. The molecule has 2 nitrogen and oxygen atoms in total. The molecule has 0 unspecified atom stereocenters. The molecule has 1 aliphatic carbocycles. The van der Waals surface area contributed by atoms with Crippen LogP contribution in [0.2, 0.25) is 0 Å². The van der Waals surface area contributed by atoms with Gasteiger partial charge in [0.05, 0.1) is 11.2 Å². The maximum atomic E-state index is 5.96. The van der Waals surface area contributed by atoms with Crippen LogP contribution in [0.1, 0.15) is 47.0 Å². The van der Waals surface area contributed by atoms with Gasteiger partial charge in [0.25, 0.3) is 0 Å². The molecular weight excluding hydrogens is 187 g/mol. The average molecular weight is 208 g/mol. The minimum atomic E-state index is -0.232. The maximum absolute atomic E-state index is 5.96. The lowest BCUT2D eigenvalue weighted by Crippen LogP contribution is -2.41. The van der Waals surface area contributed by atoms with Gasteiger partial charge in [-0.3, -0.25) is 0 Å². The Bertz CT molecular complexity index is 263. The largest absolute Gasteiger partial charge is 0.490 e. The van der Waals surface area contributed by atoms with Crippen LogP contribution in [-0.4, -0.2) is 18.3 Å². The van der Waals surface area contributed by atoms with Crippen molar-refractivity contribution in [2.45, 2.75) is 58.2 Å². The monoisotopic (exact) mass is 208 g/mol. The summed E-state index contributed by atoms with van der Waals surface area (Å²) in [6, 6.07) is 0. The Hall–Kier alpha value is -0.275.